The van der Waals surface area contributed by atoms with Crippen molar-refractivity contribution < 1.29 is 18.0 Å². The van der Waals surface area contributed by atoms with E-state index in [1.807, 2.05) is 5.38 Å². The summed E-state index contributed by atoms with van der Waals surface area (Å²) in [5, 5.41) is 5.48. The molecule has 2 amide bonds. The van der Waals surface area contributed by atoms with Crippen LogP contribution in [0.5, 0.6) is 0 Å². The highest BCUT2D eigenvalue weighted by Gasteiger charge is 2.22. The van der Waals surface area contributed by atoms with Crippen molar-refractivity contribution in [1.82, 2.24) is 19.5 Å². The zero-order valence-electron chi connectivity index (χ0n) is 16.9. The number of carbonyl (C=O) groups is 2. The molecule has 11 heteroatoms. The zero-order valence-corrected chi connectivity index (χ0v) is 18.6. The molecule has 0 unspecified atom stereocenters. The highest BCUT2D eigenvalue weighted by atomic mass is 32.2. The molecular formula is C19H25N5O4S2. The highest BCUT2D eigenvalue weighted by Crippen LogP contribution is 2.19. The van der Waals surface area contributed by atoms with Crippen LogP contribution >= 0.6 is 11.3 Å². The molecule has 162 valence electrons. The Morgan fingerprint density at radius 2 is 2.00 bits per heavy atom. The molecule has 1 aliphatic rings. The van der Waals surface area contributed by atoms with Crippen LogP contribution in [0.3, 0.4) is 0 Å². The predicted octanol–water partition coefficient (Wildman–Crippen LogP) is 0.862. The fraction of sp³-hybridized carbons (Fsp3) is 0.421. The number of thiazole rings is 1. The topological polar surface area (TPSA) is 103 Å². The first-order chi connectivity index (χ1) is 14.3. The molecule has 1 saturated heterocycles. The normalized spacial score (nSPS) is 15.2. The molecular weight excluding hydrogens is 426 g/mol. The summed E-state index contributed by atoms with van der Waals surface area (Å²) in [7, 11) is -0.784. The van der Waals surface area contributed by atoms with E-state index in [2.05, 4.69) is 15.2 Å². The lowest BCUT2D eigenvalue weighted by molar-refractivity contribution is -0.129. The molecule has 0 bridgehead atoms. The number of anilines is 1. The molecule has 1 aliphatic heterocycles. The van der Waals surface area contributed by atoms with Crippen molar-refractivity contribution in [3.8, 4) is 0 Å². The van der Waals surface area contributed by atoms with Gasteiger partial charge in [0.2, 0.25) is 15.9 Å². The summed E-state index contributed by atoms with van der Waals surface area (Å²) < 4.78 is 25.6. The summed E-state index contributed by atoms with van der Waals surface area (Å²) >= 11 is 1.57. The molecule has 1 fully saturated rings. The second kappa shape index (κ2) is 9.54. The van der Waals surface area contributed by atoms with Crippen molar-refractivity contribution in [2.75, 3.05) is 51.7 Å². The molecule has 0 spiro atoms. The molecule has 0 saturated carbocycles. The molecule has 1 aromatic carbocycles. The van der Waals surface area contributed by atoms with Gasteiger partial charge in [-0.15, -0.1) is 11.3 Å². The van der Waals surface area contributed by atoms with E-state index >= 15 is 0 Å². The van der Waals surface area contributed by atoms with Crippen LogP contribution in [-0.4, -0.2) is 81.2 Å². The molecule has 0 atom stereocenters. The maximum absolute atomic E-state index is 12.6. The molecule has 0 aliphatic carbocycles. The monoisotopic (exact) mass is 451 g/mol. The molecule has 1 aromatic heterocycles. The van der Waals surface area contributed by atoms with Gasteiger partial charge >= 0.3 is 0 Å². The van der Waals surface area contributed by atoms with Crippen LogP contribution in [0.4, 0.5) is 5.13 Å². The lowest BCUT2D eigenvalue weighted by atomic mass is 10.2. The van der Waals surface area contributed by atoms with Gasteiger partial charge in [0, 0.05) is 57.4 Å². The van der Waals surface area contributed by atoms with Gasteiger partial charge in [-0.3, -0.25) is 9.59 Å². The van der Waals surface area contributed by atoms with E-state index in [0.717, 1.165) is 22.4 Å². The molecule has 0 radical (unpaired) electrons. The van der Waals surface area contributed by atoms with Gasteiger partial charge in [-0.2, -0.15) is 0 Å². The van der Waals surface area contributed by atoms with E-state index in [1.54, 1.807) is 22.4 Å². The molecule has 3 rings (SSSR count). The third kappa shape index (κ3) is 5.15. The van der Waals surface area contributed by atoms with Gasteiger partial charge in [-0.05, 0) is 24.6 Å². The van der Waals surface area contributed by atoms with Crippen LogP contribution in [-0.2, 0) is 14.8 Å². The van der Waals surface area contributed by atoms with Crippen LogP contribution in [0.15, 0.2) is 40.7 Å². The number of aromatic nitrogens is 1. The lowest BCUT2D eigenvalue weighted by Gasteiger charge is -2.22. The van der Waals surface area contributed by atoms with Gasteiger partial charge in [-0.1, -0.05) is 6.07 Å². The first-order valence-corrected chi connectivity index (χ1v) is 11.8. The van der Waals surface area contributed by atoms with E-state index in [0.29, 0.717) is 19.6 Å². The highest BCUT2D eigenvalue weighted by molar-refractivity contribution is 7.89. The first kappa shape index (κ1) is 22.2. The number of nitrogens with one attached hydrogen (secondary N) is 1. The Kier molecular flexibility index (Phi) is 7.06. The summed E-state index contributed by atoms with van der Waals surface area (Å²) in [6.07, 6.45) is 2.59. The smallest absolute Gasteiger partial charge is 0.251 e. The third-order valence-electron chi connectivity index (χ3n) is 4.81. The molecule has 9 nitrogen and oxygen atoms in total. The minimum atomic E-state index is -3.64. The van der Waals surface area contributed by atoms with E-state index in [4.69, 9.17) is 0 Å². The average Bonchev–Trinajstić information content (AvgIpc) is 3.16. The van der Waals surface area contributed by atoms with Gasteiger partial charge in [0.1, 0.15) is 0 Å². The van der Waals surface area contributed by atoms with E-state index in [9.17, 15) is 18.0 Å². The van der Waals surface area contributed by atoms with E-state index in [-0.39, 0.29) is 22.9 Å². The lowest BCUT2D eigenvalue weighted by Crippen LogP contribution is -2.42. The number of hydrogen-bond acceptors (Lipinski definition) is 7. The number of nitrogens with zero attached hydrogens (tertiary/aromatic N) is 4. The standard InChI is InChI=1S/C19H25N5O4S2/c1-22(2)30(27,28)16-6-3-5-15(13-16)18(26)21-14-17(25)23-8-4-9-24(11-10-23)19-20-7-12-29-19/h3,5-7,12-13H,4,8-11,14H2,1-2H3,(H,21,26). The fourth-order valence-electron chi connectivity index (χ4n) is 3.11. The number of benzene rings is 1. The second-order valence-electron chi connectivity index (χ2n) is 7.03. The summed E-state index contributed by atoms with van der Waals surface area (Å²) in [6, 6.07) is 5.77. The van der Waals surface area contributed by atoms with Crippen LogP contribution in [0.1, 0.15) is 16.8 Å². The molecule has 1 N–H and O–H groups in total. The van der Waals surface area contributed by atoms with E-state index < -0.39 is 15.9 Å². The van der Waals surface area contributed by atoms with Crippen LogP contribution < -0.4 is 10.2 Å². The predicted molar refractivity (Wildman–Crippen MR) is 115 cm³/mol. The first-order valence-electron chi connectivity index (χ1n) is 9.52. The van der Waals surface area contributed by atoms with Crippen molar-refractivity contribution in [1.29, 1.82) is 0 Å². The third-order valence-corrected chi connectivity index (χ3v) is 7.46. The minimum Gasteiger partial charge on any atom is -0.346 e. The van der Waals surface area contributed by atoms with Crippen molar-refractivity contribution >= 4 is 38.3 Å². The van der Waals surface area contributed by atoms with Gasteiger partial charge in [0.15, 0.2) is 5.13 Å². The summed E-state index contributed by atoms with van der Waals surface area (Å²) in [6.45, 7) is 2.56. The summed E-state index contributed by atoms with van der Waals surface area (Å²) in [5.74, 6) is -0.653. The van der Waals surface area contributed by atoms with E-state index in [1.165, 1.54) is 38.4 Å². The van der Waals surface area contributed by atoms with Crippen molar-refractivity contribution in [2.45, 2.75) is 11.3 Å². The maximum atomic E-state index is 12.6. The second-order valence-corrected chi connectivity index (χ2v) is 10.1. The van der Waals surface area contributed by atoms with Gasteiger partial charge in [-0.25, -0.2) is 17.7 Å². The Labute approximate surface area is 180 Å². The van der Waals surface area contributed by atoms with Crippen LogP contribution in [0.2, 0.25) is 0 Å². The zero-order chi connectivity index (χ0) is 21.7. The Bertz CT molecular complexity index is 992. The number of hydrogen-bond donors (Lipinski definition) is 1. The molecule has 2 heterocycles. The Hall–Kier alpha value is -2.50. The quantitative estimate of drug-likeness (QED) is 0.699. The molecule has 30 heavy (non-hydrogen) atoms. The Balaban J connectivity index is 1.56. The van der Waals surface area contributed by atoms with Gasteiger partial charge in [0.05, 0.1) is 11.4 Å². The number of rotatable bonds is 6. The maximum Gasteiger partial charge on any atom is 0.251 e. The number of sulfonamides is 1. The van der Waals surface area contributed by atoms with Crippen LogP contribution in [0.25, 0.3) is 0 Å². The summed E-state index contributed by atoms with van der Waals surface area (Å²) in [4.78, 5) is 33.3. The fourth-order valence-corrected chi connectivity index (χ4v) is 4.75. The molecule has 2 aromatic rings. The SMILES string of the molecule is CN(C)S(=O)(=O)c1cccc(C(=O)NCC(=O)N2CCCN(c3nccs3)CC2)c1. The Morgan fingerprint density at radius 3 is 2.70 bits per heavy atom. The van der Waals surface area contributed by atoms with Crippen molar-refractivity contribution in [2.24, 2.45) is 0 Å². The van der Waals surface area contributed by atoms with Crippen molar-refractivity contribution in [3.63, 3.8) is 0 Å². The summed E-state index contributed by atoms with van der Waals surface area (Å²) in [5.41, 5.74) is 0.191. The largest absolute Gasteiger partial charge is 0.346 e. The number of amides is 2. The van der Waals surface area contributed by atoms with Crippen molar-refractivity contribution in [3.05, 3.63) is 41.4 Å². The minimum absolute atomic E-state index is 0.0290. The van der Waals surface area contributed by atoms with Gasteiger partial charge < -0.3 is 15.1 Å². The number of carbonyl (C=O) groups excluding carboxylic acids is 2. The van der Waals surface area contributed by atoms with Crippen LogP contribution in [0, 0.1) is 0 Å². The Morgan fingerprint density at radius 1 is 1.20 bits per heavy atom. The van der Waals surface area contributed by atoms with Gasteiger partial charge in [0.25, 0.3) is 5.91 Å². The average molecular weight is 452 g/mol.